The summed E-state index contributed by atoms with van der Waals surface area (Å²) in [4.78, 5) is 7.25. The second kappa shape index (κ2) is 12.5. The van der Waals surface area contributed by atoms with Gasteiger partial charge < -0.3 is 15.5 Å². The number of hydrogen-bond donors (Lipinski definition) is 2. The van der Waals surface area contributed by atoms with Gasteiger partial charge in [-0.15, -0.1) is 24.0 Å². The Kier molecular flexibility index (Phi) is 12.5. The Labute approximate surface area is 148 Å². The van der Waals surface area contributed by atoms with Crippen LogP contribution in [0.2, 0.25) is 0 Å². The smallest absolute Gasteiger partial charge is 0.191 e. The van der Waals surface area contributed by atoms with Gasteiger partial charge in [0.05, 0.1) is 0 Å². The maximum Gasteiger partial charge on any atom is 0.191 e. The van der Waals surface area contributed by atoms with Crippen molar-refractivity contribution in [2.75, 3.05) is 32.7 Å². The van der Waals surface area contributed by atoms with Crippen molar-refractivity contribution in [2.45, 2.75) is 59.4 Å². The summed E-state index contributed by atoms with van der Waals surface area (Å²) < 4.78 is 0. The predicted octanol–water partition coefficient (Wildman–Crippen LogP) is 3.08. The lowest BCUT2D eigenvalue weighted by Crippen LogP contribution is -2.48. The van der Waals surface area contributed by atoms with E-state index in [2.05, 4.69) is 48.2 Å². The van der Waals surface area contributed by atoms with Crippen LogP contribution in [0.1, 0.15) is 53.4 Å². The van der Waals surface area contributed by atoms with Crippen molar-refractivity contribution in [3.63, 3.8) is 0 Å². The molecule has 1 saturated heterocycles. The molecule has 0 aromatic heterocycles. The molecule has 0 aliphatic carbocycles. The molecular weight excluding hydrogens is 375 g/mol. The molecule has 0 saturated carbocycles. The van der Waals surface area contributed by atoms with Gasteiger partial charge in [0.15, 0.2) is 5.96 Å². The number of halogens is 1. The molecule has 0 atom stereocenters. The summed E-state index contributed by atoms with van der Waals surface area (Å²) >= 11 is 0. The highest BCUT2D eigenvalue weighted by molar-refractivity contribution is 14.0. The first kappa shape index (κ1) is 21.0. The fourth-order valence-corrected chi connectivity index (χ4v) is 2.57. The van der Waals surface area contributed by atoms with Crippen LogP contribution in [-0.2, 0) is 0 Å². The molecule has 2 N–H and O–H groups in total. The van der Waals surface area contributed by atoms with Gasteiger partial charge in [0.2, 0.25) is 0 Å². The minimum atomic E-state index is 0. The zero-order chi connectivity index (χ0) is 14.8. The Morgan fingerprint density at radius 1 is 1.24 bits per heavy atom. The van der Waals surface area contributed by atoms with Gasteiger partial charge in [-0.2, -0.15) is 0 Å². The van der Waals surface area contributed by atoms with Gasteiger partial charge in [-0.1, -0.05) is 20.8 Å². The molecule has 1 heterocycles. The van der Waals surface area contributed by atoms with E-state index in [4.69, 9.17) is 0 Å². The number of nitrogens with one attached hydrogen (secondary N) is 2. The SMILES string of the molecule is CCCN1CCC(NC(=NCCC(C)C)NCC)CC1.I. The van der Waals surface area contributed by atoms with Crippen LogP contribution in [0.3, 0.4) is 0 Å². The van der Waals surface area contributed by atoms with Crippen molar-refractivity contribution >= 4 is 29.9 Å². The van der Waals surface area contributed by atoms with E-state index < -0.39 is 0 Å². The quantitative estimate of drug-likeness (QED) is 0.385. The Morgan fingerprint density at radius 3 is 2.43 bits per heavy atom. The fourth-order valence-electron chi connectivity index (χ4n) is 2.57. The number of aliphatic imine (C=N–C) groups is 1. The van der Waals surface area contributed by atoms with Gasteiger partial charge in [-0.25, -0.2) is 0 Å². The van der Waals surface area contributed by atoms with Crippen LogP contribution < -0.4 is 10.6 Å². The molecule has 1 rings (SSSR count). The standard InChI is InChI=1S/C16H34N4.HI/c1-5-11-20-12-8-15(9-13-20)19-16(17-6-2)18-10-7-14(3)4;/h14-15H,5-13H2,1-4H3,(H2,17,18,19);1H. The Bertz CT molecular complexity index is 273. The van der Waals surface area contributed by atoms with E-state index in [1.54, 1.807) is 0 Å². The molecule has 1 fully saturated rings. The van der Waals surface area contributed by atoms with E-state index in [0.717, 1.165) is 31.4 Å². The number of rotatable bonds is 7. The summed E-state index contributed by atoms with van der Waals surface area (Å²) in [5, 5.41) is 6.97. The van der Waals surface area contributed by atoms with Gasteiger partial charge in [0.1, 0.15) is 0 Å². The van der Waals surface area contributed by atoms with E-state index in [-0.39, 0.29) is 24.0 Å². The lowest BCUT2D eigenvalue weighted by Gasteiger charge is -2.32. The van der Waals surface area contributed by atoms with Gasteiger partial charge in [-0.3, -0.25) is 4.99 Å². The molecular formula is C16H35IN4. The van der Waals surface area contributed by atoms with E-state index in [9.17, 15) is 0 Å². The van der Waals surface area contributed by atoms with Crippen LogP contribution in [0.15, 0.2) is 4.99 Å². The van der Waals surface area contributed by atoms with Crippen molar-refractivity contribution in [1.29, 1.82) is 0 Å². The third-order valence-corrected chi connectivity index (χ3v) is 3.79. The minimum Gasteiger partial charge on any atom is -0.357 e. The summed E-state index contributed by atoms with van der Waals surface area (Å²) in [6, 6.07) is 0.583. The zero-order valence-corrected chi connectivity index (χ0v) is 16.7. The summed E-state index contributed by atoms with van der Waals surface area (Å²) in [5.41, 5.74) is 0. The van der Waals surface area contributed by atoms with E-state index in [1.807, 2.05) is 0 Å². The average molecular weight is 410 g/mol. The first-order chi connectivity index (χ1) is 9.65. The minimum absolute atomic E-state index is 0. The van der Waals surface area contributed by atoms with E-state index in [1.165, 1.54) is 38.9 Å². The predicted molar refractivity (Wildman–Crippen MR) is 104 cm³/mol. The third-order valence-electron chi connectivity index (χ3n) is 3.79. The molecule has 0 radical (unpaired) electrons. The van der Waals surface area contributed by atoms with Crippen molar-refractivity contribution < 1.29 is 0 Å². The van der Waals surface area contributed by atoms with Crippen LogP contribution in [-0.4, -0.2) is 49.6 Å². The number of hydrogen-bond acceptors (Lipinski definition) is 2. The van der Waals surface area contributed by atoms with Crippen LogP contribution in [0.5, 0.6) is 0 Å². The number of piperidine rings is 1. The fraction of sp³-hybridized carbons (Fsp3) is 0.938. The molecule has 126 valence electrons. The number of guanidine groups is 1. The van der Waals surface area contributed by atoms with E-state index >= 15 is 0 Å². The molecule has 0 bridgehead atoms. The topological polar surface area (TPSA) is 39.7 Å². The molecule has 4 nitrogen and oxygen atoms in total. The summed E-state index contributed by atoms with van der Waals surface area (Å²) in [6.07, 6.45) is 4.88. The van der Waals surface area contributed by atoms with Crippen molar-refractivity contribution in [2.24, 2.45) is 10.9 Å². The van der Waals surface area contributed by atoms with Gasteiger partial charge in [0.25, 0.3) is 0 Å². The molecule has 1 aliphatic heterocycles. The summed E-state index contributed by atoms with van der Waals surface area (Å²) in [5.74, 6) is 1.72. The first-order valence-corrected chi connectivity index (χ1v) is 8.42. The van der Waals surface area contributed by atoms with Crippen LogP contribution in [0.25, 0.3) is 0 Å². The second-order valence-electron chi connectivity index (χ2n) is 6.20. The summed E-state index contributed by atoms with van der Waals surface area (Å²) in [6.45, 7) is 14.4. The van der Waals surface area contributed by atoms with Gasteiger partial charge in [0, 0.05) is 32.2 Å². The van der Waals surface area contributed by atoms with Crippen LogP contribution >= 0.6 is 24.0 Å². The molecule has 0 spiro atoms. The van der Waals surface area contributed by atoms with Crippen molar-refractivity contribution in [3.05, 3.63) is 0 Å². The highest BCUT2D eigenvalue weighted by Crippen LogP contribution is 2.10. The Hall–Kier alpha value is -0.0400. The molecule has 21 heavy (non-hydrogen) atoms. The maximum absolute atomic E-state index is 4.68. The Morgan fingerprint density at radius 2 is 1.90 bits per heavy atom. The second-order valence-corrected chi connectivity index (χ2v) is 6.20. The third kappa shape index (κ3) is 9.55. The van der Waals surface area contributed by atoms with E-state index in [0.29, 0.717) is 6.04 Å². The van der Waals surface area contributed by atoms with Gasteiger partial charge in [-0.05, 0) is 45.1 Å². The van der Waals surface area contributed by atoms with Crippen molar-refractivity contribution in [3.8, 4) is 0 Å². The lowest BCUT2D eigenvalue weighted by atomic mass is 10.1. The number of likely N-dealkylation sites (tertiary alicyclic amines) is 1. The maximum atomic E-state index is 4.68. The van der Waals surface area contributed by atoms with Crippen LogP contribution in [0.4, 0.5) is 0 Å². The van der Waals surface area contributed by atoms with Gasteiger partial charge >= 0.3 is 0 Å². The first-order valence-electron chi connectivity index (χ1n) is 8.42. The number of nitrogens with zero attached hydrogens (tertiary/aromatic N) is 2. The average Bonchev–Trinajstić information content (AvgIpc) is 2.41. The normalized spacial score (nSPS) is 17.7. The monoisotopic (exact) mass is 410 g/mol. The molecule has 0 amide bonds. The molecule has 0 aromatic rings. The molecule has 1 aliphatic rings. The molecule has 0 aromatic carbocycles. The zero-order valence-electron chi connectivity index (χ0n) is 14.3. The van der Waals surface area contributed by atoms with Crippen LogP contribution in [0, 0.1) is 5.92 Å². The molecule has 5 heteroatoms. The highest BCUT2D eigenvalue weighted by Gasteiger charge is 2.19. The summed E-state index contributed by atoms with van der Waals surface area (Å²) in [7, 11) is 0. The Balaban J connectivity index is 0.00000400. The highest BCUT2D eigenvalue weighted by atomic mass is 127. The lowest BCUT2D eigenvalue weighted by molar-refractivity contribution is 0.206. The van der Waals surface area contributed by atoms with Crippen molar-refractivity contribution in [1.82, 2.24) is 15.5 Å². The largest absolute Gasteiger partial charge is 0.357 e. The molecule has 0 unspecified atom stereocenters.